The number of benzene rings is 3. The zero-order chi connectivity index (χ0) is 18.5. The van der Waals surface area contributed by atoms with Crippen molar-refractivity contribution >= 4 is 23.2 Å². The Morgan fingerprint density at radius 1 is 0.778 bits per heavy atom. The summed E-state index contributed by atoms with van der Waals surface area (Å²) in [6, 6.07) is 24.5. The zero-order valence-corrected chi connectivity index (χ0v) is 15.8. The summed E-state index contributed by atoms with van der Waals surface area (Å²) in [5, 5.41) is 3.79. The van der Waals surface area contributed by atoms with Gasteiger partial charge in [0.25, 0.3) is 0 Å². The van der Waals surface area contributed by atoms with Crippen molar-refractivity contribution in [3.05, 3.63) is 100 Å². The van der Waals surface area contributed by atoms with Crippen molar-refractivity contribution in [3.8, 4) is 0 Å². The van der Waals surface area contributed by atoms with Crippen molar-refractivity contribution in [1.82, 2.24) is 0 Å². The summed E-state index contributed by atoms with van der Waals surface area (Å²) in [5.41, 5.74) is 6.15. The van der Waals surface area contributed by atoms with Crippen LogP contribution < -0.4 is 5.32 Å². The molecule has 0 aliphatic heterocycles. The van der Waals surface area contributed by atoms with Crippen molar-refractivity contribution in [2.24, 2.45) is 11.8 Å². The molecule has 134 valence electrons. The van der Waals surface area contributed by atoms with Gasteiger partial charge < -0.3 is 5.32 Å². The Morgan fingerprint density at radius 2 is 1.26 bits per heavy atom. The third kappa shape index (κ3) is 2.51. The molecule has 27 heavy (non-hydrogen) atoms. The van der Waals surface area contributed by atoms with Gasteiger partial charge in [-0.05, 0) is 52.4 Å². The van der Waals surface area contributed by atoms with Crippen LogP contribution in [-0.4, -0.2) is 5.91 Å². The molecule has 0 radical (unpaired) electrons. The maximum Gasteiger partial charge on any atom is 0.228 e. The van der Waals surface area contributed by atoms with Crippen LogP contribution in [0, 0.1) is 11.8 Å². The number of carbonyl (C=O) groups is 1. The van der Waals surface area contributed by atoms with Gasteiger partial charge in [0.15, 0.2) is 0 Å². The van der Waals surface area contributed by atoms with Crippen molar-refractivity contribution in [2.75, 3.05) is 5.32 Å². The van der Waals surface area contributed by atoms with Gasteiger partial charge in [0.05, 0.1) is 5.92 Å². The molecular weight excluding hydrogens is 354 g/mol. The van der Waals surface area contributed by atoms with Crippen LogP contribution in [0.1, 0.15) is 41.0 Å². The first-order valence-electron chi connectivity index (χ1n) is 9.39. The lowest BCUT2D eigenvalue weighted by molar-refractivity contribution is -0.122. The summed E-state index contributed by atoms with van der Waals surface area (Å²) in [6.45, 7) is 2.22. The molecule has 0 fully saturated rings. The molecule has 3 heteroatoms. The summed E-state index contributed by atoms with van der Waals surface area (Å²) < 4.78 is 0. The Bertz CT molecular complexity index is 979. The van der Waals surface area contributed by atoms with Crippen LogP contribution >= 0.6 is 11.6 Å². The lowest BCUT2D eigenvalue weighted by Crippen LogP contribution is -2.44. The molecule has 0 saturated heterocycles. The number of anilines is 1. The number of carbonyl (C=O) groups excluding carboxylic acids is 1. The van der Waals surface area contributed by atoms with E-state index in [1.807, 2.05) is 12.1 Å². The number of halogens is 1. The SMILES string of the molecule is C[C@@H]1C2c3ccccc3C(c3ccccc32)[C@@H]1C(=O)Nc1ccc(Cl)cc1. The first kappa shape index (κ1) is 16.6. The van der Waals surface area contributed by atoms with Gasteiger partial charge in [-0.25, -0.2) is 0 Å². The fourth-order valence-electron chi connectivity index (χ4n) is 5.10. The van der Waals surface area contributed by atoms with Crippen LogP contribution in [0.25, 0.3) is 0 Å². The second kappa shape index (κ2) is 6.24. The van der Waals surface area contributed by atoms with E-state index < -0.39 is 0 Å². The average molecular weight is 374 g/mol. The van der Waals surface area contributed by atoms with Gasteiger partial charge >= 0.3 is 0 Å². The molecule has 2 bridgehead atoms. The van der Waals surface area contributed by atoms with E-state index in [1.54, 1.807) is 12.1 Å². The predicted molar refractivity (Wildman–Crippen MR) is 109 cm³/mol. The molecule has 0 heterocycles. The average Bonchev–Trinajstić information content (AvgIpc) is 2.69. The smallest absolute Gasteiger partial charge is 0.228 e. The Kier molecular flexibility index (Phi) is 3.84. The minimum Gasteiger partial charge on any atom is -0.326 e. The molecule has 0 spiro atoms. The van der Waals surface area contributed by atoms with Crippen molar-refractivity contribution in [2.45, 2.75) is 18.8 Å². The molecule has 3 aliphatic carbocycles. The Hall–Kier alpha value is -2.58. The van der Waals surface area contributed by atoms with Gasteiger partial charge in [-0.1, -0.05) is 67.1 Å². The van der Waals surface area contributed by atoms with Crippen LogP contribution in [0.4, 0.5) is 5.69 Å². The molecule has 2 atom stereocenters. The zero-order valence-electron chi connectivity index (χ0n) is 15.0. The third-order valence-electron chi connectivity index (χ3n) is 6.20. The summed E-state index contributed by atoms with van der Waals surface area (Å²) in [5.74, 6) is 0.611. The van der Waals surface area contributed by atoms with Gasteiger partial charge in [0, 0.05) is 22.5 Å². The van der Waals surface area contributed by atoms with Gasteiger partial charge in [-0.15, -0.1) is 0 Å². The van der Waals surface area contributed by atoms with E-state index in [4.69, 9.17) is 11.6 Å². The van der Waals surface area contributed by atoms with E-state index in [-0.39, 0.29) is 29.6 Å². The first-order chi connectivity index (χ1) is 13.1. The van der Waals surface area contributed by atoms with Crippen molar-refractivity contribution in [3.63, 3.8) is 0 Å². The molecule has 3 aromatic rings. The summed E-state index contributed by atoms with van der Waals surface area (Å²) in [7, 11) is 0. The summed E-state index contributed by atoms with van der Waals surface area (Å²) in [6.07, 6.45) is 0. The number of fused-ring (bicyclic) bond motifs is 1. The van der Waals surface area contributed by atoms with Gasteiger partial charge in [0.1, 0.15) is 0 Å². The molecular formula is C24H20ClNO. The van der Waals surface area contributed by atoms with E-state index in [9.17, 15) is 4.79 Å². The fourth-order valence-corrected chi connectivity index (χ4v) is 5.23. The molecule has 2 nitrogen and oxygen atoms in total. The molecule has 1 amide bonds. The molecule has 0 unspecified atom stereocenters. The van der Waals surface area contributed by atoms with Crippen LogP contribution in [-0.2, 0) is 4.79 Å². The predicted octanol–water partition coefficient (Wildman–Crippen LogP) is 5.82. The van der Waals surface area contributed by atoms with E-state index >= 15 is 0 Å². The van der Waals surface area contributed by atoms with E-state index in [0.717, 1.165) is 5.69 Å². The topological polar surface area (TPSA) is 29.1 Å². The highest BCUT2D eigenvalue weighted by Gasteiger charge is 2.50. The normalized spacial score (nSPS) is 24.8. The number of rotatable bonds is 2. The van der Waals surface area contributed by atoms with Gasteiger partial charge in [-0.3, -0.25) is 4.79 Å². The molecule has 0 saturated carbocycles. The molecule has 3 aromatic carbocycles. The quantitative estimate of drug-likeness (QED) is 0.602. The fraction of sp³-hybridized carbons (Fsp3) is 0.208. The standard InChI is InChI=1S/C24H20ClNO/c1-14-21-17-6-2-4-8-19(17)23(20-9-5-3-7-18(20)21)22(14)24(27)26-16-12-10-15(25)11-13-16/h2-14,21-23H,1H3,(H,26,27)/t14-,21?,22-,23?/m1/s1. The molecule has 6 rings (SSSR count). The highest BCUT2D eigenvalue weighted by Crippen LogP contribution is 2.58. The minimum atomic E-state index is -0.0875. The molecule has 3 aliphatic rings. The lowest BCUT2D eigenvalue weighted by Gasteiger charge is -2.49. The van der Waals surface area contributed by atoms with Crippen LogP contribution in [0.2, 0.25) is 5.02 Å². The summed E-state index contributed by atoms with van der Waals surface area (Å²) in [4.78, 5) is 13.3. The number of hydrogen-bond donors (Lipinski definition) is 1. The van der Waals surface area contributed by atoms with Crippen molar-refractivity contribution < 1.29 is 4.79 Å². The number of hydrogen-bond acceptors (Lipinski definition) is 1. The van der Waals surface area contributed by atoms with E-state index in [0.29, 0.717) is 5.02 Å². The van der Waals surface area contributed by atoms with Crippen LogP contribution in [0.5, 0.6) is 0 Å². The largest absolute Gasteiger partial charge is 0.326 e. The maximum absolute atomic E-state index is 13.3. The second-order valence-corrected chi connectivity index (χ2v) is 8.03. The molecule has 0 aromatic heterocycles. The summed E-state index contributed by atoms with van der Waals surface area (Å²) >= 11 is 5.97. The highest BCUT2D eigenvalue weighted by atomic mass is 35.5. The van der Waals surface area contributed by atoms with Gasteiger partial charge in [0.2, 0.25) is 5.91 Å². The first-order valence-corrected chi connectivity index (χ1v) is 9.77. The van der Waals surface area contributed by atoms with E-state index in [1.165, 1.54) is 22.3 Å². The number of nitrogens with one attached hydrogen (secondary N) is 1. The van der Waals surface area contributed by atoms with E-state index in [2.05, 4.69) is 60.8 Å². The lowest BCUT2D eigenvalue weighted by atomic mass is 9.54. The second-order valence-electron chi connectivity index (χ2n) is 7.59. The Balaban J connectivity index is 1.58. The van der Waals surface area contributed by atoms with Crippen molar-refractivity contribution in [1.29, 1.82) is 0 Å². The highest BCUT2D eigenvalue weighted by molar-refractivity contribution is 6.30. The number of amides is 1. The minimum absolute atomic E-state index is 0.0869. The Labute approximate surface area is 164 Å². The van der Waals surface area contributed by atoms with Crippen LogP contribution in [0.15, 0.2) is 72.8 Å². The van der Waals surface area contributed by atoms with Crippen LogP contribution in [0.3, 0.4) is 0 Å². The Morgan fingerprint density at radius 3 is 1.78 bits per heavy atom. The maximum atomic E-state index is 13.3. The molecule has 1 N–H and O–H groups in total. The third-order valence-corrected chi connectivity index (χ3v) is 6.45. The van der Waals surface area contributed by atoms with Gasteiger partial charge in [-0.2, -0.15) is 0 Å². The monoisotopic (exact) mass is 373 g/mol.